The first-order chi connectivity index (χ1) is 20.7. The normalized spacial score (nSPS) is 17.8. The predicted octanol–water partition coefficient (Wildman–Crippen LogP) is 4.80. The molecule has 0 bridgehead atoms. The molecule has 4 aromatic rings. The Morgan fingerprint density at radius 3 is 2.58 bits per heavy atom. The van der Waals surface area contributed by atoms with Gasteiger partial charge in [0.2, 0.25) is 11.9 Å². The number of nitrogens with one attached hydrogen (secondary N) is 1. The minimum absolute atomic E-state index is 0.000982. The van der Waals surface area contributed by atoms with E-state index in [0.717, 1.165) is 55.7 Å². The number of carbonyl (C=O) groups is 1. The number of likely N-dealkylation sites (tertiary alicyclic amines) is 1. The van der Waals surface area contributed by atoms with Crippen molar-refractivity contribution in [2.75, 3.05) is 56.5 Å². The van der Waals surface area contributed by atoms with Crippen LogP contribution in [-0.2, 0) is 4.79 Å². The fourth-order valence-electron chi connectivity index (χ4n) is 6.34. The molecule has 11 heteroatoms. The van der Waals surface area contributed by atoms with Gasteiger partial charge in [-0.15, -0.1) is 0 Å². The molecule has 1 aromatic carbocycles. The van der Waals surface area contributed by atoms with Crippen LogP contribution < -0.4 is 15.8 Å². The average molecular weight is 601 g/mol. The van der Waals surface area contributed by atoms with E-state index >= 15 is 0 Å². The molecule has 3 aromatic heterocycles. The number of piperidine rings is 1. The number of aryl methyl sites for hydroxylation is 2. The third-order valence-corrected chi connectivity index (χ3v) is 9.06. The van der Waals surface area contributed by atoms with Gasteiger partial charge >= 0.3 is 0 Å². The van der Waals surface area contributed by atoms with Gasteiger partial charge in [-0.25, -0.2) is 4.98 Å². The third kappa shape index (κ3) is 5.69. The van der Waals surface area contributed by atoms with E-state index in [1.165, 1.54) is 11.3 Å². The largest absolute Gasteiger partial charge is 0.369 e. The van der Waals surface area contributed by atoms with Gasteiger partial charge in [-0.1, -0.05) is 11.6 Å². The summed E-state index contributed by atoms with van der Waals surface area (Å²) in [4.78, 5) is 46.9. The van der Waals surface area contributed by atoms with Crippen LogP contribution in [0.4, 0.5) is 17.3 Å². The van der Waals surface area contributed by atoms with E-state index in [9.17, 15) is 9.59 Å². The zero-order valence-electron chi connectivity index (χ0n) is 25.1. The van der Waals surface area contributed by atoms with Crippen molar-refractivity contribution in [1.82, 2.24) is 29.3 Å². The second kappa shape index (κ2) is 11.9. The minimum atomic E-state index is -0.236. The molecule has 2 aliphatic rings. The SMILES string of the molecule is CC(=O)N1CCC[C@H](n2c(=O)c(-c3ccncc3Cl)c(C)c3cnc(Nc4ccc(N5CCN(C)CC5)c(C)c4)nc32)C1. The Bertz CT molecular complexity index is 1750. The smallest absolute Gasteiger partial charge is 0.260 e. The fourth-order valence-corrected chi connectivity index (χ4v) is 6.56. The number of fused-ring (bicyclic) bond motifs is 1. The Balaban J connectivity index is 1.42. The quantitative estimate of drug-likeness (QED) is 0.349. The van der Waals surface area contributed by atoms with Crippen LogP contribution in [0, 0.1) is 13.8 Å². The van der Waals surface area contributed by atoms with Gasteiger partial charge in [0, 0.05) is 87.1 Å². The molecule has 10 nitrogen and oxygen atoms in total. The number of amides is 1. The number of halogens is 1. The molecular weight excluding hydrogens is 564 g/mol. The van der Waals surface area contributed by atoms with E-state index in [-0.39, 0.29) is 17.5 Å². The summed E-state index contributed by atoms with van der Waals surface area (Å²) in [5.41, 5.74) is 5.50. The van der Waals surface area contributed by atoms with Crippen LogP contribution in [0.3, 0.4) is 0 Å². The lowest BCUT2D eigenvalue weighted by atomic mass is 9.98. The third-order valence-electron chi connectivity index (χ3n) is 8.75. The van der Waals surface area contributed by atoms with E-state index in [1.54, 1.807) is 41.0 Å². The molecule has 0 aliphatic carbocycles. The van der Waals surface area contributed by atoms with Crippen molar-refractivity contribution in [1.29, 1.82) is 0 Å². The summed E-state index contributed by atoms with van der Waals surface area (Å²) < 4.78 is 1.75. The molecule has 0 radical (unpaired) electrons. The molecule has 1 amide bonds. The monoisotopic (exact) mass is 600 g/mol. The Kier molecular flexibility index (Phi) is 8.07. The Morgan fingerprint density at radius 2 is 1.86 bits per heavy atom. The highest BCUT2D eigenvalue weighted by Crippen LogP contribution is 2.33. The van der Waals surface area contributed by atoms with Crippen LogP contribution in [0.1, 0.15) is 36.9 Å². The fraction of sp³-hybridized carbons (Fsp3) is 0.406. The van der Waals surface area contributed by atoms with Gasteiger partial charge in [0.05, 0.1) is 16.6 Å². The molecule has 0 spiro atoms. The lowest BCUT2D eigenvalue weighted by Gasteiger charge is -2.35. The minimum Gasteiger partial charge on any atom is -0.369 e. The molecule has 5 heterocycles. The summed E-state index contributed by atoms with van der Waals surface area (Å²) in [5, 5.41) is 4.53. The van der Waals surface area contributed by atoms with E-state index in [2.05, 4.69) is 51.2 Å². The first-order valence-corrected chi connectivity index (χ1v) is 15.2. The molecule has 2 aliphatic heterocycles. The standard InChI is InChI=1S/C32H37ClN8O2/c1-20-16-23(7-8-28(20)39-14-12-38(4)13-15-39)36-32-35-17-26-21(2)29(25-9-10-34-18-27(25)33)31(43)41(30(26)37-32)24-6-5-11-40(19-24)22(3)42/h7-10,16-18,24H,5-6,11-15,19H2,1-4H3,(H,35,36,37)/t24-/m0/s1. The number of piperazine rings is 1. The number of hydrogen-bond donors (Lipinski definition) is 1. The number of rotatable bonds is 5. The van der Waals surface area contributed by atoms with Crippen molar-refractivity contribution in [2.45, 2.75) is 39.7 Å². The van der Waals surface area contributed by atoms with Crippen LogP contribution >= 0.6 is 11.6 Å². The lowest BCUT2D eigenvalue weighted by Crippen LogP contribution is -2.44. The molecule has 43 heavy (non-hydrogen) atoms. The van der Waals surface area contributed by atoms with Crippen molar-refractivity contribution in [2.24, 2.45) is 0 Å². The Hall–Kier alpha value is -4.02. The topological polar surface area (TPSA) is 99.5 Å². The van der Waals surface area contributed by atoms with Crippen LogP contribution in [-0.4, -0.2) is 81.5 Å². The summed E-state index contributed by atoms with van der Waals surface area (Å²) in [6, 6.07) is 7.83. The molecule has 1 N–H and O–H groups in total. The van der Waals surface area contributed by atoms with Gasteiger partial charge in [0.25, 0.3) is 5.56 Å². The van der Waals surface area contributed by atoms with Gasteiger partial charge in [0.15, 0.2) is 0 Å². The number of carbonyl (C=O) groups excluding carboxylic acids is 1. The summed E-state index contributed by atoms with van der Waals surface area (Å²) in [6.45, 7) is 10.8. The lowest BCUT2D eigenvalue weighted by molar-refractivity contribution is -0.130. The van der Waals surface area contributed by atoms with Crippen molar-refractivity contribution < 1.29 is 4.79 Å². The highest BCUT2D eigenvalue weighted by Gasteiger charge is 2.28. The Morgan fingerprint density at radius 1 is 1.07 bits per heavy atom. The van der Waals surface area contributed by atoms with Crippen LogP contribution in [0.25, 0.3) is 22.2 Å². The highest BCUT2D eigenvalue weighted by atomic mass is 35.5. The maximum Gasteiger partial charge on any atom is 0.260 e. The molecule has 0 saturated carbocycles. The number of nitrogens with zero attached hydrogens (tertiary/aromatic N) is 7. The molecular formula is C32H37ClN8O2. The maximum absolute atomic E-state index is 14.3. The number of hydrogen-bond acceptors (Lipinski definition) is 8. The summed E-state index contributed by atoms with van der Waals surface area (Å²) >= 11 is 6.54. The van der Waals surface area contributed by atoms with Gasteiger partial charge in [-0.3, -0.25) is 19.1 Å². The molecule has 224 valence electrons. The molecule has 6 rings (SSSR count). The first-order valence-electron chi connectivity index (χ1n) is 14.8. The number of pyridine rings is 2. The summed E-state index contributed by atoms with van der Waals surface area (Å²) in [5.74, 6) is 0.402. The summed E-state index contributed by atoms with van der Waals surface area (Å²) in [7, 11) is 2.16. The first kappa shape index (κ1) is 29.1. The molecule has 2 saturated heterocycles. The van der Waals surface area contributed by atoms with Crippen molar-refractivity contribution in [3.05, 3.63) is 69.4 Å². The van der Waals surface area contributed by atoms with Crippen LogP contribution in [0.5, 0.6) is 0 Å². The number of likely N-dealkylation sites (N-methyl/N-ethyl adjacent to an activating group) is 1. The van der Waals surface area contributed by atoms with Gasteiger partial charge < -0.3 is 20.0 Å². The van der Waals surface area contributed by atoms with Gasteiger partial charge in [0.1, 0.15) is 5.65 Å². The van der Waals surface area contributed by atoms with Crippen molar-refractivity contribution in [3.63, 3.8) is 0 Å². The average Bonchev–Trinajstić information content (AvgIpc) is 2.99. The van der Waals surface area contributed by atoms with Crippen molar-refractivity contribution in [3.8, 4) is 11.1 Å². The second-order valence-corrected chi connectivity index (χ2v) is 12.0. The Labute approximate surface area is 256 Å². The van der Waals surface area contributed by atoms with Crippen LogP contribution in [0.15, 0.2) is 47.7 Å². The highest BCUT2D eigenvalue weighted by molar-refractivity contribution is 6.33. The summed E-state index contributed by atoms with van der Waals surface area (Å²) in [6.07, 6.45) is 6.50. The number of aromatic nitrogens is 4. The van der Waals surface area contributed by atoms with E-state index in [1.807, 2.05) is 13.0 Å². The molecule has 0 unspecified atom stereocenters. The van der Waals surface area contributed by atoms with E-state index < -0.39 is 0 Å². The second-order valence-electron chi connectivity index (χ2n) is 11.6. The predicted molar refractivity (Wildman–Crippen MR) is 171 cm³/mol. The van der Waals surface area contributed by atoms with Crippen LogP contribution in [0.2, 0.25) is 5.02 Å². The zero-order chi connectivity index (χ0) is 30.2. The number of anilines is 3. The molecule has 1 atom stereocenters. The zero-order valence-corrected chi connectivity index (χ0v) is 25.9. The van der Waals surface area contributed by atoms with E-state index in [0.29, 0.717) is 40.8 Å². The van der Waals surface area contributed by atoms with Crippen molar-refractivity contribution >= 4 is 45.9 Å². The molecule has 2 fully saturated rings. The number of benzene rings is 1. The maximum atomic E-state index is 14.3. The van der Waals surface area contributed by atoms with Gasteiger partial charge in [-0.2, -0.15) is 4.98 Å². The van der Waals surface area contributed by atoms with E-state index in [4.69, 9.17) is 16.6 Å². The van der Waals surface area contributed by atoms with Gasteiger partial charge in [-0.05, 0) is 69.1 Å².